The minimum absolute atomic E-state index is 0.151. The highest BCUT2D eigenvalue weighted by molar-refractivity contribution is 5.59. The molecule has 0 amide bonds. The summed E-state index contributed by atoms with van der Waals surface area (Å²) >= 11 is 0. The zero-order valence-corrected chi connectivity index (χ0v) is 16.1. The van der Waals surface area contributed by atoms with E-state index >= 15 is 0 Å². The van der Waals surface area contributed by atoms with Gasteiger partial charge in [-0.05, 0) is 18.2 Å². The third-order valence-electron chi connectivity index (χ3n) is 4.64. The molecule has 140 valence electrons. The Kier molecular flexibility index (Phi) is 5.87. The molecule has 0 atom stereocenters. The van der Waals surface area contributed by atoms with Crippen LogP contribution in [-0.2, 0) is 0 Å². The van der Waals surface area contributed by atoms with E-state index < -0.39 is 0 Å². The summed E-state index contributed by atoms with van der Waals surface area (Å²) < 4.78 is 22.6. The summed E-state index contributed by atoms with van der Waals surface area (Å²) in [5, 5.41) is 0. The van der Waals surface area contributed by atoms with Crippen molar-refractivity contribution in [2.24, 2.45) is 0 Å². The zero-order chi connectivity index (χ0) is 19.2. The zero-order valence-electron chi connectivity index (χ0n) is 16.1. The van der Waals surface area contributed by atoms with E-state index in [0.29, 0.717) is 11.5 Å². The molecular formula is C23H24O4. The molecule has 0 aliphatic carbocycles. The fourth-order valence-electron chi connectivity index (χ4n) is 3.45. The monoisotopic (exact) mass is 364 g/mol. The topological polar surface area (TPSA) is 36.9 Å². The summed E-state index contributed by atoms with van der Waals surface area (Å²) in [6.45, 7) is 0. The van der Waals surface area contributed by atoms with Crippen molar-refractivity contribution in [2.45, 2.75) is 5.92 Å². The van der Waals surface area contributed by atoms with E-state index in [2.05, 4.69) is 12.1 Å². The van der Waals surface area contributed by atoms with Gasteiger partial charge in [-0.3, -0.25) is 0 Å². The maximum absolute atomic E-state index is 5.73. The van der Waals surface area contributed by atoms with Crippen LogP contribution >= 0.6 is 0 Å². The molecule has 3 aromatic carbocycles. The number of ether oxygens (including phenoxy) is 4. The van der Waals surface area contributed by atoms with Gasteiger partial charge in [0.1, 0.15) is 11.5 Å². The van der Waals surface area contributed by atoms with E-state index in [-0.39, 0.29) is 5.92 Å². The van der Waals surface area contributed by atoms with Crippen LogP contribution in [-0.4, -0.2) is 28.4 Å². The van der Waals surface area contributed by atoms with Gasteiger partial charge >= 0.3 is 0 Å². The molecule has 0 saturated carbocycles. The average Bonchev–Trinajstić information content (AvgIpc) is 2.74. The summed E-state index contributed by atoms with van der Waals surface area (Å²) in [5.74, 6) is 2.84. The molecule has 0 heterocycles. The Morgan fingerprint density at radius 2 is 0.926 bits per heavy atom. The average molecular weight is 364 g/mol. The first kappa shape index (κ1) is 18.6. The Labute approximate surface area is 160 Å². The Hall–Kier alpha value is -3.14. The Balaban J connectivity index is 2.33. The molecule has 0 saturated heterocycles. The van der Waals surface area contributed by atoms with E-state index in [4.69, 9.17) is 18.9 Å². The first-order valence-corrected chi connectivity index (χ1v) is 8.71. The van der Waals surface area contributed by atoms with Gasteiger partial charge < -0.3 is 18.9 Å². The van der Waals surface area contributed by atoms with Gasteiger partial charge in [0.25, 0.3) is 0 Å². The fourth-order valence-corrected chi connectivity index (χ4v) is 3.45. The summed E-state index contributed by atoms with van der Waals surface area (Å²) in [5.41, 5.74) is 3.03. The molecule has 0 bridgehead atoms. The lowest BCUT2D eigenvalue weighted by molar-refractivity contribution is 0.350. The van der Waals surface area contributed by atoms with Gasteiger partial charge in [0, 0.05) is 22.6 Å². The van der Waals surface area contributed by atoms with E-state index in [1.807, 2.05) is 54.6 Å². The van der Waals surface area contributed by atoms with Crippen molar-refractivity contribution in [3.8, 4) is 23.0 Å². The van der Waals surface area contributed by atoms with Crippen molar-refractivity contribution in [1.29, 1.82) is 0 Å². The van der Waals surface area contributed by atoms with Crippen LogP contribution in [0.1, 0.15) is 22.6 Å². The van der Waals surface area contributed by atoms with Crippen LogP contribution in [0, 0.1) is 0 Å². The molecule has 4 heteroatoms. The van der Waals surface area contributed by atoms with Crippen LogP contribution in [0.3, 0.4) is 0 Å². The second-order valence-corrected chi connectivity index (χ2v) is 6.00. The number of hydrogen-bond acceptors (Lipinski definition) is 4. The fraction of sp³-hybridized carbons (Fsp3) is 0.217. The number of rotatable bonds is 7. The third-order valence-corrected chi connectivity index (χ3v) is 4.64. The normalized spacial score (nSPS) is 10.6. The highest BCUT2D eigenvalue weighted by atomic mass is 16.5. The van der Waals surface area contributed by atoms with Gasteiger partial charge in [-0.15, -0.1) is 0 Å². The highest BCUT2D eigenvalue weighted by Gasteiger charge is 2.27. The molecule has 0 spiro atoms. The van der Waals surface area contributed by atoms with E-state index in [0.717, 1.165) is 28.2 Å². The molecular weight excluding hydrogens is 340 g/mol. The number of para-hydroxylation sites is 3. The predicted molar refractivity (Wildman–Crippen MR) is 106 cm³/mol. The number of benzene rings is 3. The summed E-state index contributed by atoms with van der Waals surface area (Å²) in [4.78, 5) is 0. The summed E-state index contributed by atoms with van der Waals surface area (Å²) in [6.07, 6.45) is 0. The lowest BCUT2D eigenvalue weighted by atomic mass is 9.83. The van der Waals surface area contributed by atoms with Crippen molar-refractivity contribution in [3.63, 3.8) is 0 Å². The molecule has 0 aliphatic rings. The number of hydrogen-bond donors (Lipinski definition) is 0. The summed E-state index contributed by atoms with van der Waals surface area (Å²) in [6, 6.07) is 21.9. The van der Waals surface area contributed by atoms with Gasteiger partial charge in [-0.1, -0.05) is 48.5 Å². The van der Waals surface area contributed by atoms with Crippen molar-refractivity contribution >= 4 is 0 Å². The molecule has 4 nitrogen and oxygen atoms in total. The van der Waals surface area contributed by atoms with Crippen LogP contribution in [0.4, 0.5) is 0 Å². The minimum Gasteiger partial charge on any atom is -0.496 e. The van der Waals surface area contributed by atoms with Gasteiger partial charge in [0.15, 0.2) is 11.5 Å². The lowest BCUT2D eigenvalue weighted by Crippen LogP contribution is -2.09. The van der Waals surface area contributed by atoms with Crippen molar-refractivity contribution < 1.29 is 18.9 Å². The van der Waals surface area contributed by atoms with Crippen LogP contribution in [0.25, 0.3) is 0 Å². The van der Waals surface area contributed by atoms with Crippen LogP contribution in [0.5, 0.6) is 23.0 Å². The second-order valence-electron chi connectivity index (χ2n) is 6.00. The van der Waals surface area contributed by atoms with Crippen LogP contribution < -0.4 is 18.9 Å². The van der Waals surface area contributed by atoms with Gasteiger partial charge in [-0.2, -0.15) is 0 Å². The quantitative estimate of drug-likeness (QED) is 0.559. The first-order chi connectivity index (χ1) is 13.2. The smallest absolute Gasteiger partial charge is 0.164 e. The van der Waals surface area contributed by atoms with Crippen molar-refractivity contribution in [1.82, 2.24) is 0 Å². The molecule has 0 fully saturated rings. The van der Waals surface area contributed by atoms with E-state index in [1.54, 1.807) is 28.4 Å². The maximum Gasteiger partial charge on any atom is 0.164 e. The minimum atomic E-state index is -0.151. The lowest BCUT2D eigenvalue weighted by Gasteiger charge is -2.25. The molecule has 0 N–H and O–H groups in total. The largest absolute Gasteiger partial charge is 0.496 e. The number of methoxy groups -OCH3 is 4. The Morgan fingerprint density at radius 3 is 1.41 bits per heavy atom. The molecule has 27 heavy (non-hydrogen) atoms. The van der Waals surface area contributed by atoms with Gasteiger partial charge in [0.05, 0.1) is 28.4 Å². The molecule has 3 rings (SSSR count). The highest BCUT2D eigenvalue weighted by Crippen LogP contribution is 2.46. The molecule has 0 aliphatic heterocycles. The van der Waals surface area contributed by atoms with Gasteiger partial charge in [0.2, 0.25) is 0 Å². The molecule has 0 unspecified atom stereocenters. The summed E-state index contributed by atoms with van der Waals surface area (Å²) in [7, 11) is 6.66. The molecule has 0 aromatic heterocycles. The first-order valence-electron chi connectivity index (χ1n) is 8.71. The second kappa shape index (κ2) is 8.49. The molecule has 3 aromatic rings. The third kappa shape index (κ3) is 3.56. The van der Waals surface area contributed by atoms with E-state index in [1.165, 1.54) is 0 Å². The van der Waals surface area contributed by atoms with Gasteiger partial charge in [-0.25, -0.2) is 0 Å². The Morgan fingerprint density at radius 1 is 0.481 bits per heavy atom. The Bertz CT molecular complexity index is 857. The molecule has 0 radical (unpaired) electrons. The van der Waals surface area contributed by atoms with Crippen molar-refractivity contribution in [3.05, 3.63) is 83.4 Å². The van der Waals surface area contributed by atoms with Crippen molar-refractivity contribution in [2.75, 3.05) is 28.4 Å². The predicted octanol–water partition coefficient (Wildman–Crippen LogP) is 4.90. The van der Waals surface area contributed by atoms with Crippen LogP contribution in [0.2, 0.25) is 0 Å². The maximum atomic E-state index is 5.73. The van der Waals surface area contributed by atoms with Crippen LogP contribution in [0.15, 0.2) is 66.7 Å². The van der Waals surface area contributed by atoms with E-state index in [9.17, 15) is 0 Å². The standard InChI is InChI=1S/C23H24O4/c1-24-19-13-7-5-10-16(19)22(17-11-6-8-14-20(17)25-2)18-12-9-15-21(26-3)23(18)27-4/h5-15,22H,1-4H3. The SMILES string of the molecule is COc1ccccc1C(c1ccccc1OC)c1cccc(OC)c1OC.